The van der Waals surface area contributed by atoms with Crippen LogP contribution >= 0.6 is 0 Å². The number of carbonyl (C=O) groups is 1. The Morgan fingerprint density at radius 1 is 1.20 bits per heavy atom. The van der Waals surface area contributed by atoms with E-state index in [9.17, 15) is 9.18 Å². The summed E-state index contributed by atoms with van der Waals surface area (Å²) >= 11 is 0. The SMILES string of the molecule is O=C(/C=C/c1ccc(F)cc1)c1nc2ncccc2[nH]1. The van der Waals surface area contributed by atoms with Crippen molar-refractivity contribution in [3.05, 3.63) is 65.9 Å². The summed E-state index contributed by atoms with van der Waals surface area (Å²) in [5.74, 6) is -0.332. The molecule has 0 fully saturated rings. The molecule has 98 valence electrons. The molecule has 3 rings (SSSR count). The van der Waals surface area contributed by atoms with Gasteiger partial charge in [-0.15, -0.1) is 0 Å². The normalized spacial score (nSPS) is 11.2. The fourth-order valence-electron chi connectivity index (χ4n) is 1.79. The number of hydrogen-bond acceptors (Lipinski definition) is 3. The summed E-state index contributed by atoms with van der Waals surface area (Å²) in [6.07, 6.45) is 4.62. The topological polar surface area (TPSA) is 58.6 Å². The molecule has 0 aliphatic carbocycles. The van der Waals surface area contributed by atoms with Crippen molar-refractivity contribution in [2.24, 2.45) is 0 Å². The van der Waals surface area contributed by atoms with Gasteiger partial charge in [0.2, 0.25) is 5.78 Å². The van der Waals surface area contributed by atoms with E-state index in [2.05, 4.69) is 15.0 Å². The van der Waals surface area contributed by atoms with E-state index < -0.39 is 0 Å². The summed E-state index contributed by atoms with van der Waals surface area (Å²) in [4.78, 5) is 23.0. The Morgan fingerprint density at radius 3 is 2.75 bits per heavy atom. The number of ketones is 1. The second kappa shape index (κ2) is 5.05. The van der Waals surface area contributed by atoms with Crippen LogP contribution in [0.3, 0.4) is 0 Å². The fourth-order valence-corrected chi connectivity index (χ4v) is 1.79. The smallest absolute Gasteiger partial charge is 0.221 e. The molecular formula is C15H10FN3O. The maximum atomic E-state index is 12.8. The van der Waals surface area contributed by atoms with Gasteiger partial charge in [0, 0.05) is 6.20 Å². The molecule has 0 bridgehead atoms. The number of H-pyrrole nitrogens is 1. The number of aromatic amines is 1. The predicted octanol–water partition coefficient (Wildman–Crippen LogP) is 2.99. The van der Waals surface area contributed by atoms with E-state index in [-0.39, 0.29) is 17.4 Å². The number of carbonyl (C=O) groups excluding carboxylic acids is 1. The van der Waals surface area contributed by atoms with Crippen molar-refractivity contribution in [3.63, 3.8) is 0 Å². The third kappa shape index (κ3) is 2.47. The van der Waals surface area contributed by atoms with Crippen LogP contribution in [0.25, 0.3) is 17.2 Å². The average molecular weight is 267 g/mol. The van der Waals surface area contributed by atoms with Gasteiger partial charge < -0.3 is 4.98 Å². The quantitative estimate of drug-likeness (QED) is 0.586. The van der Waals surface area contributed by atoms with E-state index >= 15 is 0 Å². The van der Waals surface area contributed by atoms with Crippen LogP contribution in [-0.2, 0) is 0 Å². The predicted molar refractivity (Wildman–Crippen MR) is 73.7 cm³/mol. The molecule has 0 saturated carbocycles. The number of halogens is 1. The zero-order chi connectivity index (χ0) is 13.9. The zero-order valence-electron chi connectivity index (χ0n) is 10.4. The number of hydrogen-bond donors (Lipinski definition) is 1. The Hall–Kier alpha value is -2.82. The lowest BCUT2D eigenvalue weighted by atomic mass is 10.2. The van der Waals surface area contributed by atoms with E-state index in [4.69, 9.17) is 0 Å². The van der Waals surface area contributed by atoms with Gasteiger partial charge in [0.25, 0.3) is 0 Å². The molecule has 0 aliphatic rings. The van der Waals surface area contributed by atoms with Gasteiger partial charge in [-0.3, -0.25) is 4.79 Å². The summed E-state index contributed by atoms with van der Waals surface area (Å²) in [5.41, 5.74) is 1.96. The van der Waals surface area contributed by atoms with Crippen LogP contribution in [0.2, 0.25) is 0 Å². The molecule has 2 aromatic heterocycles. The minimum atomic E-state index is -0.308. The summed E-state index contributed by atoms with van der Waals surface area (Å²) in [7, 11) is 0. The largest absolute Gasteiger partial charge is 0.334 e. The lowest BCUT2D eigenvalue weighted by Crippen LogP contribution is -1.96. The van der Waals surface area contributed by atoms with Gasteiger partial charge in [0.05, 0.1) is 5.52 Å². The van der Waals surface area contributed by atoms with E-state index in [0.29, 0.717) is 11.2 Å². The highest BCUT2D eigenvalue weighted by Gasteiger charge is 2.08. The minimum absolute atomic E-state index is 0.233. The molecule has 0 radical (unpaired) electrons. The maximum Gasteiger partial charge on any atom is 0.221 e. The lowest BCUT2D eigenvalue weighted by molar-refractivity contribution is 0.103. The Balaban J connectivity index is 1.83. The number of nitrogens with zero attached hydrogens (tertiary/aromatic N) is 2. The molecule has 2 heterocycles. The van der Waals surface area contributed by atoms with Gasteiger partial charge in [-0.1, -0.05) is 18.2 Å². The van der Waals surface area contributed by atoms with Crippen LogP contribution in [-0.4, -0.2) is 20.7 Å². The molecule has 1 N–H and O–H groups in total. The maximum absolute atomic E-state index is 12.8. The Morgan fingerprint density at radius 2 is 2.00 bits per heavy atom. The summed E-state index contributed by atoms with van der Waals surface area (Å²) in [6.45, 7) is 0. The van der Waals surface area contributed by atoms with Gasteiger partial charge >= 0.3 is 0 Å². The van der Waals surface area contributed by atoms with Crippen molar-refractivity contribution >= 4 is 23.0 Å². The summed E-state index contributed by atoms with van der Waals surface area (Å²) in [6, 6.07) is 9.45. The highest BCUT2D eigenvalue weighted by molar-refractivity contribution is 6.05. The third-order valence-electron chi connectivity index (χ3n) is 2.79. The van der Waals surface area contributed by atoms with Crippen molar-refractivity contribution in [3.8, 4) is 0 Å². The first-order chi connectivity index (χ1) is 9.72. The number of nitrogens with one attached hydrogen (secondary N) is 1. The second-order valence-electron chi connectivity index (χ2n) is 4.21. The van der Waals surface area contributed by atoms with Gasteiger partial charge in [-0.2, -0.15) is 0 Å². The first kappa shape index (κ1) is 12.2. The van der Waals surface area contributed by atoms with Crippen LogP contribution in [0.15, 0.2) is 48.7 Å². The molecule has 1 aromatic carbocycles. The Bertz CT molecular complexity index is 757. The third-order valence-corrected chi connectivity index (χ3v) is 2.79. The molecule has 0 saturated heterocycles. The molecular weight excluding hydrogens is 257 g/mol. The van der Waals surface area contributed by atoms with E-state index in [1.54, 1.807) is 36.5 Å². The zero-order valence-corrected chi connectivity index (χ0v) is 10.4. The van der Waals surface area contributed by atoms with Crippen molar-refractivity contribution in [2.45, 2.75) is 0 Å². The van der Waals surface area contributed by atoms with Crippen molar-refractivity contribution in [2.75, 3.05) is 0 Å². The Kier molecular flexibility index (Phi) is 3.09. The van der Waals surface area contributed by atoms with Gasteiger partial charge in [-0.05, 0) is 35.9 Å². The van der Waals surface area contributed by atoms with E-state index in [0.717, 1.165) is 5.56 Å². The molecule has 0 atom stereocenters. The van der Waals surface area contributed by atoms with Crippen LogP contribution < -0.4 is 0 Å². The molecule has 20 heavy (non-hydrogen) atoms. The van der Waals surface area contributed by atoms with Crippen molar-refractivity contribution in [1.29, 1.82) is 0 Å². The van der Waals surface area contributed by atoms with E-state index in [1.165, 1.54) is 18.2 Å². The molecule has 0 unspecified atom stereocenters. The highest BCUT2D eigenvalue weighted by Crippen LogP contribution is 2.09. The highest BCUT2D eigenvalue weighted by atomic mass is 19.1. The second-order valence-corrected chi connectivity index (χ2v) is 4.21. The van der Waals surface area contributed by atoms with Crippen LogP contribution in [0.5, 0.6) is 0 Å². The van der Waals surface area contributed by atoms with Crippen molar-refractivity contribution < 1.29 is 9.18 Å². The molecule has 0 amide bonds. The summed E-state index contributed by atoms with van der Waals surface area (Å²) < 4.78 is 12.8. The number of rotatable bonds is 3. The van der Waals surface area contributed by atoms with Gasteiger partial charge in [0.1, 0.15) is 5.82 Å². The van der Waals surface area contributed by atoms with Crippen molar-refractivity contribution in [1.82, 2.24) is 15.0 Å². The number of imidazole rings is 1. The standard InChI is InChI=1S/C15H10FN3O/c16-11-6-3-10(4-7-11)5-8-13(20)15-18-12-2-1-9-17-14(12)19-15/h1-9H,(H,17,18,19)/b8-5+. The first-order valence-corrected chi connectivity index (χ1v) is 6.01. The van der Waals surface area contributed by atoms with Gasteiger partial charge in [-0.25, -0.2) is 14.4 Å². The van der Waals surface area contributed by atoms with Gasteiger partial charge in [0.15, 0.2) is 11.5 Å². The molecule has 0 spiro atoms. The molecule has 3 aromatic rings. The lowest BCUT2D eigenvalue weighted by Gasteiger charge is -1.92. The minimum Gasteiger partial charge on any atom is -0.334 e. The Labute approximate surface area is 114 Å². The monoisotopic (exact) mass is 267 g/mol. The number of fused-ring (bicyclic) bond motifs is 1. The molecule has 0 aliphatic heterocycles. The first-order valence-electron chi connectivity index (χ1n) is 6.01. The number of allylic oxidation sites excluding steroid dienone is 1. The fraction of sp³-hybridized carbons (Fsp3) is 0. The average Bonchev–Trinajstić information content (AvgIpc) is 2.90. The number of benzene rings is 1. The van der Waals surface area contributed by atoms with E-state index in [1.807, 2.05) is 0 Å². The summed E-state index contributed by atoms with van der Waals surface area (Å²) in [5, 5.41) is 0. The number of aromatic nitrogens is 3. The van der Waals surface area contributed by atoms with Crippen LogP contribution in [0.1, 0.15) is 16.2 Å². The number of pyridine rings is 1. The van der Waals surface area contributed by atoms with Crippen LogP contribution in [0, 0.1) is 5.82 Å². The molecule has 5 heteroatoms. The molecule has 4 nitrogen and oxygen atoms in total. The van der Waals surface area contributed by atoms with Crippen LogP contribution in [0.4, 0.5) is 4.39 Å².